The maximum Gasteiger partial charge on any atom is 0.0417 e. The van der Waals surface area contributed by atoms with Crippen LogP contribution in [0.25, 0.3) is 0 Å². The summed E-state index contributed by atoms with van der Waals surface area (Å²) in [6.07, 6.45) is 29.2. The van der Waals surface area contributed by atoms with Gasteiger partial charge in [-0.2, -0.15) is 0 Å². The molecule has 6 aliphatic carbocycles. The third-order valence-electron chi connectivity index (χ3n) is 11.6. The third-order valence-corrected chi connectivity index (χ3v) is 11.6. The Bertz CT molecular complexity index is 845. The van der Waals surface area contributed by atoms with E-state index in [1.54, 1.807) is 0 Å². The molecule has 0 unspecified atom stereocenters. The molecule has 13 heteroatoms. The first kappa shape index (κ1) is 52.5. The molecule has 0 bridgehead atoms. The van der Waals surface area contributed by atoms with E-state index in [0.717, 1.165) is 77.0 Å². The fraction of sp³-hybridized carbons (Fsp3) is 0.857. The van der Waals surface area contributed by atoms with Crippen LogP contribution in [0.3, 0.4) is 0 Å². The molecular formula is C42H66MoO12-6. The van der Waals surface area contributed by atoms with Gasteiger partial charge in [-0.15, -0.1) is 0 Å². The van der Waals surface area contributed by atoms with Crippen molar-refractivity contribution >= 4 is 35.8 Å². The van der Waals surface area contributed by atoms with Crippen LogP contribution in [0.5, 0.6) is 0 Å². The summed E-state index contributed by atoms with van der Waals surface area (Å²) in [7, 11) is 0. The first-order valence-electron chi connectivity index (χ1n) is 20.9. The summed E-state index contributed by atoms with van der Waals surface area (Å²) in [5.74, 6) is -2.77. The van der Waals surface area contributed by atoms with Gasteiger partial charge in [-0.3, -0.25) is 0 Å². The summed E-state index contributed by atoms with van der Waals surface area (Å²) in [5, 5.41) is 60.3. The van der Waals surface area contributed by atoms with Crippen molar-refractivity contribution in [1.29, 1.82) is 0 Å². The molecule has 55 heavy (non-hydrogen) atoms. The van der Waals surface area contributed by atoms with Crippen molar-refractivity contribution in [2.24, 2.45) is 35.5 Å². The Labute approximate surface area is 343 Å². The molecule has 0 atom stereocenters. The molecule has 6 rings (SSSR count). The van der Waals surface area contributed by atoms with Crippen LogP contribution in [-0.4, -0.2) is 35.8 Å². The SMILES string of the molecule is O=C([O-])CC1CCCC1.O=C([O-])CC1CCCC1.O=C([O-])CC1CCCC1.O=C([O-])CC1CCCC1.O=C([O-])CC1CCCC1.O=C([O-])CC1CCCC1.[Mo]. The number of carboxylic acids is 6. The normalized spacial score (nSPS) is 20.1. The summed E-state index contributed by atoms with van der Waals surface area (Å²) in [6, 6.07) is 0. The molecule has 0 heterocycles. The van der Waals surface area contributed by atoms with Crippen molar-refractivity contribution in [3.8, 4) is 0 Å². The van der Waals surface area contributed by atoms with Gasteiger partial charge in [0.05, 0.1) is 0 Å². The van der Waals surface area contributed by atoms with Gasteiger partial charge in [-0.1, -0.05) is 154 Å². The van der Waals surface area contributed by atoms with Crippen molar-refractivity contribution in [3.63, 3.8) is 0 Å². The van der Waals surface area contributed by atoms with E-state index < -0.39 is 35.8 Å². The van der Waals surface area contributed by atoms with Gasteiger partial charge in [-0.25, -0.2) is 0 Å². The van der Waals surface area contributed by atoms with Crippen molar-refractivity contribution in [2.75, 3.05) is 0 Å². The summed E-state index contributed by atoms with van der Waals surface area (Å²) in [6.45, 7) is 0. The minimum absolute atomic E-state index is 0. The predicted octanol–water partition coefficient (Wildman–Crippen LogP) is 1.90. The summed E-state index contributed by atoms with van der Waals surface area (Å²) < 4.78 is 0. The second-order valence-corrected chi connectivity index (χ2v) is 16.4. The molecule has 0 aliphatic heterocycles. The predicted molar refractivity (Wildman–Crippen MR) is 189 cm³/mol. The summed E-state index contributed by atoms with van der Waals surface area (Å²) in [5.41, 5.74) is 0. The molecule has 0 aromatic heterocycles. The molecule has 0 amide bonds. The Morgan fingerprint density at radius 3 is 0.418 bits per heavy atom. The number of hydrogen-bond donors (Lipinski definition) is 0. The summed E-state index contributed by atoms with van der Waals surface area (Å²) in [4.78, 5) is 60.3. The fourth-order valence-electron chi connectivity index (χ4n) is 8.70. The molecule has 0 aromatic rings. The van der Waals surface area contributed by atoms with E-state index in [9.17, 15) is 59.4 Å². The second-order valence-electron chi connectivity index (χ2n) is 16.4. The second kappa shape index (κ2) is 32.6. The molecule has 6 fully saturated rings. The topological polar surface area (TPSA) is 241 Å². The minimum atomic E-state index is -0.887. The zero-order valence-corrected chi connectivity index (χ0v) is 35.0. The van der Waals surface area contributed by atoms with Crippen LogP contribution in [0.4, 0.5) is 0 Å². The van der Waals surface area contributed by atoms with E-state index in [-0.39, 0.29) is 59.6 Å². The van der Waals surface area contributed by atoms with E-state index in [4.69, 9.17) is 0 Å². The van der Waals surface area contributed by atoms with E-state index >= 15 is 0 Å². The Hall–Kier alpha value is -2.49. The Morgan fingerprint density at radius 1 is 0.255 bits per heavy atom. The van der Waals surface area contributed by atoms with Crippen LogP contribution in [0.1, 0.15) is 193 Å². The number of rotatable bonds is 12. The molecule has 0 aromatic carbocycles. The van der Waals surface area contributed by atoms with Crippen molar-refractivity contribution in [3.05, 3.63) is 0 Å². The largest absolute Gasteiger partial charge is 0.550 e. The Balaban J connectivity index is 0.000000634. The number of carboxylic acid groups (broad SMARTS) is 6. The van der Waals surface area contributed by atoms with Crippen LogP contribution in [0.15, 0.2) is 0 Å². The van der Waals surface area contributed by atoms with E-state index in [1.165, 1.54) is 77.0 Å². The molecule has 6 aliphatic rings. The van der Waals surface area contributed by atoms with Gasteiger partial charge in [0, 0.05) is 56.9 Å². The monoisotopic (exact) mass is 860 g/mol. The van der Waals surface area contributed by atoms with Crippen LogP contribution in [0, 0.1) is 35.5 Å². The molecule has 0 N–H and O–H groups in total. The van der Waals surface area contributed by atoms with Crippen molar-refractivity contribution < 1.29 is 80.5 Å². The van der Waals surface area contributed by atoms with Crippen molar-refractivity contribution in [2.45, 2.75) is 193 Å². The van der Waals surface area contributed by atoms with Crippen LogP contribution < -0.4 is 30.6 Å². The molecule has 318 valence electrons. The average Bonchev–Trinajstić information content (AvgIpc) is 3.90. The zero-order valence-electron chi connectivity index (χ0n) is 33.0. The number of hydrogen-bond acceptors (Lipinski definition) is 12. The molecular weight excluding hydrogens is 792 g/mol. The maximum atomic E-state index is 10.0. The molecule has 12 nitrogen and oxygen atoms in total. The Morgan fingerprint density at radius 2 is 0.345 bits per heavy atom. The maximum absolute atomic E-state index is 10.0. The molecule has 6 saturated carbocycles. The van der Waals surface area contributed by atoms with Gasteiger partial charge in [0.25, 0.3) is 0 Å². The van der Waals surface area contributed by atoms with Crippen molar-refractivity contribution in [1.82, 2.24) is 0 Å². The Kier molecular flexibility index (Phi) is 31.1. The number of carbonyl (C=O) groups is 6. The van der Waals surface area contributed by atoms with E-state index in [0.29, 0.717) is 35.5 Å². The van der Waals surface area contributed by atoms with Gasteiger partial charge < -0.3 is 59.4 Å². The number of carbonyl (C=O) groups excluding carboxylic acids is 6. The average molecular weight is 859 g/mol. The molecule has 0 saturated heterocycles. The first-order valence-corrected chi connectivity index (χ1v) is 20.9. The molecule has 0 spiro atoms. The number of aliphatic carboxylic acids is 6. The molecule has 0 radical (unpaired) electrons. The smallest absolute Gasteiger partial charge is 0.0417 e. The van der Waals surface area contributed by atoms with Gasteiger partial charge in [0.15, 0.2) is 0 Å². The zero-order chi connectivity index (χ0) is 40.1. The van der Waals surface area contributed by atoms with Crippen LogP contribution >= 0.6 is 0 Å². The van der Waals surface area contributed by atoms with E-state index in [1.807, 2.05) is 0 Å². The minimum Gasteiger partial charge on any atom is -0.550 e. The van der Waals surface area contributed by atoms with Gasteiger partial charge in [0.1, 0.15) is 0 Å². The quantitative estimate of drug-likeness (QED) is 0.256. The van der Waals surface area contributed by atoms with Crippen LogP contribution in [-0.2, 0) is 49.8 Å². The standard InChI is InChI=1S/6C7H12O2.Mo/c6*8-7(9)5-6-3-1-2-4-6;/h6*6H,1-5H2,(H,8,9);/p-6. The summed E-state index contributed by atoms with van der Waals surface area (Å²) >= 11 is 0. The van der Waals surface area contributed by atoms with Gasteiger partial charge in [-0.05, 0) is 74.0 Å². The van der Waals surface area contributed by atoms with Crippen LogP contribution in [0.2, 0.25) is 0 Å². The van der Waals surface area contributed by atoms with Gasteiger partial charge >= 0.3 is 0 Å². The fourth-order valence-corrected chi connectivity index (χ4v) is 8.70. The van der Waals surface area contributed by atoms with E-state index in [2.05, 4.69) is 0 Å². The first-order chi connectivity index (χ1) is 25.7. The third kappa shape index (κ3) is 31.3. The van der Waals surface area contributed by atoms with Gasteiger partial charge in [0.2, 0.25) is 0 Å².